The fraction of sp³-hybridized carbons (Fsp3) is 0.200. The van der Waals surface area contributed by atoms with Gasteiger partial charge in [0.15, 0.2) is 0 Å². The van der Waals surface area contributed by atoms with Crippen molar-refractivity contribution in [3.05, 3.63) is 35.1 Å². The molecule has 0 unspecified atom stereocenters. The summed E-state index contributed by atoms with van der Waals surface area (Å²) in [7, 11) is 0. The second kappa shape index (κ2) is 5.22. The van der Waals surface area contributed by atoms with Crippen molar-refractivity contribution in [3.63, 3.8) is 0 Å². The minimum Gasteiger partial charge on any atom is -0.343 e. The molecule has 5 nitrogen and oxygen atoms in total. The van der Waals surface area contributed by atoms with E-state index in [0.717, 1.165) is 0 Å². The Labute approximate surface area is 91.8 Å². The van der Waals surface area contributed by atoms with Gasteiger partial charge in [-0.1, -0.05) is 12.1 Å². The number of carbonyl (C=O) groups is 2. The number of rotatable bonds is 3. The molecule has 4 N–H and O–H groups in total. The molecule has 0 aliphatic heterocycles. The van der Waals surface area contributed by atoms with E-state index in [2.05, 4.69) is 5.32 Å². The summed E-state index contributed by atoms with van der Waals surface area (Å²) in [6, 6.07) is 4.31. The van der Waals surface area contributed by atoms with Gasteiger partial charge in [0.2, 0.25) is 0 Å². The predicted octanol–water partition coefficient (Wildman–Crippen LogP) is -0.146. The maximum Gasteiger partial charge on any atom is 0.254 e. The van der Waals surface area contributed by atoms with Gasteiger partial charge in [0, 0.05) is 0 Å². The normalized spacial score (nSPS) is 9.69. The summed E-state index contributed by atoms with van der Waals surface area (Å²) in [5.74, 6) is 3.02. The molecule has 0 saturated heterocycles. The van der Waals surface area contributed by atoms with Crippen LogP contribution in [0, 0.1) is 12.7 Å². The predicted molar refractivity (Wildman–Crippen MR) is 55.8 cm³/mol. The largest absolute Gasteiger partial charge is 0.343 e. The first-order chi connectivity index (χ1) is 7.56. The van der Waals surface area contributed by atoms with E-state index in [1.165, 1.54) is 12.1 Å². The summed E-state index contributed by atoms with van der Waals surface area (Å²) in [5, 5.41) is 2.26. The van der Waals surface area contributed by atoms with E-state index in [-0.39, 0.29) is 12.1 Å². The Bertz CT molecular complexity index is 400. The molecule has 0 radical (unpaired) electrons. The topological polar surface area (TPSA) is 84.2 Å². The van der Waals surface area contributed by atoms with Gasteiger partial charge in [-0.05, 0) is 18.6 Å². The SMILES string of the molecule is Cc1cccc(F)c1C(=O)NCC(=O)NN. The first-order valence-electron chi connectivity index (χ1n) is 4.59. The molecule has 86 valence electrons. The third-order valence-electron chi connectivity index (χ3n) is 2.02. The van der Waals surface area contributed by atoms with Crippen molar-refractivity contribution in [2.75, 3.05) is 6.54 Å². The second-order valence-electron chi connectivity index (χ2n) is 3.18. The molecule has 0 aliphatic carbocycles. The van der Waals surface area contributed by atoms with E-state index >= 15 is 0 Å². The Morgan fingerprint density at radius 3 is 2.69 bits per heavy atom. The number of nitrogens with two attached hydrogens (primary N) is 1. The summed E-state index contributed by atoms with van der Waals surface area (Å²) in [5.41, 5.74) is 2.30. The van der Waals surface area contributed by atoms with Crippen molar-refractivity contribution in [1.29, 1.82) is 0 Å². The van der Waals surface area contributed by atoms with Crippen molar-refractivity contribution in [1.82, 2.24) is 10.7 Å². The molecule has 0 atom stereocenters. The number of amides is 2. The van der Waals surface area contributed by atoms with Crippen LogP contribution in [0.15, 0.2) is 18.2 Å². The van der Waals surface area contributed by atoms with Crippen LogP contribution in [0.1, 0.15) is 15.9 Å². The summed E-state index contributed by atoms with van der Waals surface area (Å²) in [6.45, 7) is 1.32. The summed E-state index contributed by atoms with van der Waals surface area (Å²) in [4.78, 5) is 22.3. The highest BCUT2D eigenvalue weighted by Gasteiger charge is 2.14. The lowest BCUT2D eigenvalue weighted by Gasteiger charge is -2.07. The van der Waals surface area contributed by atoms with Gasteiger partial charge in [-0.25, -0.2) is 10.2 Å². The Hall–Kier alpha value is -1.95. The monoisotopic (exact) mass is 225 g/mol. The Morgan fingerprint density at radius 1 is 1.44 bits per heavy atom. The van der Waals surface area contributed by atoms with E-state index in [0.29, 0.717) is 5.56 Å². The van der Waals surface area contributed by atoms with Crippen LogP contribution in [0.25, 0.3) is 0 Å². The molecule has 0 spiro atoms. The van der Waals surface area contributed by atoms with Crippen LogP contribution in [0.4, 0.5) is 4.39 Å². The third-order valence-corrected chi connectivity index (χ3v) is 2.02. The zero-order valence-corrected chi connectivity index (χ0v) is 8.71. The summed E-state index contributed by atoms with van der Waals surface area (Å²) >= 11 is 0. The molecule has 0 saturated carbocycles. The van der Waals surface area contributed by atoms with Crippen LogP contribution in [0.3, 0.4) is 0 Å². The molecule has 1 aromatic rings. The number of nitrogens with one attached hydrogen (secondary N) is 2. The molecule has 0 aromatic heterocycles. The van der Waals surface area contributed by atoms with Crippen LogP contribution in [-0.2, 0) is 4.79 Å². The van der Waals surface area contributed by atoms with Crippen LogP contribution in [-0.4, -0.2) is 18.4 Å². The summed E-state index contributed by atoms with van der Waals surface area (Å²) < 4.78 is 13.3. The van der Waals surface area contributed by atoms with Gasteiger partial charge >= 0.3 is 0 Å². The van der Waals surface area contributed by atoms with E-state index in [1.54, 1.807) is 13.0 Å². The molecule has 0 bridgehead atoms. The number of aryl methyl sites for hydroxylation is 1. The number of benzene rings is 1. The first-order valence-corrected chi connectivity index (χ1v) is 4.59. The second-order valence-corrected chi connectivity index (χ2v) is 3.18. The van der Waals surface area contributed by atoms with Gasteiger partial charge in [-0.15, -0.1) is 0 Å². The lowest BCUT2D eigenvalue weighted by atomic mass is 10.1. The average Bonchev–Trinajstić information content (AvgIpc) is 2.25. The van der Waals surface area contributed by atoms with Crippen LogP contribution < -0.4 is 16.6 Å². The van der Waals surface area contributed by atoms with Crippen molar-refractivity contribution in [3.8, 4) is 0 Å². The number of hydrogen-bond acceptors (Lipinski definition) is 3. The number of hydrogen-bond donors (Lipinski definition) is 3. The Kier molecular flexibility index (Phi) is 3.96. The van der Waals surface area contributed by atoms with Gasteiger partial charge < -0.3 is 5.32 Å². The lowest BCUT2D eigenvalue weighted by molar-refractivity contribution is -0.120. The molecular formula is C10H12FN3O2. The van der Waals surface area contributed by atoms with Crippen molar-refractivity contribution in [2.45, 2.75) is 6.92 Å². The molecule has 0 heterocycles. The van der Waals surface area contributed by atoms with Gasteiger partial charge in [0.25, 0.3) is 11.8 Å². The van der Waals surface area contributed by atoms with Crippen LogP contribution >= 0.6 is 0 Å². The first kappa shape index (κ1) is 12.1. The quantitative estimate of drug-likeness (QED) is 0.380. The Balaban J connectivity index is 2.77. The fourth-order valence-corrected chi connectivity index (χ4v) is 1.22. The van der Waals surface area contributed by atoms with Gasteiger partial charge in [0.1, 0.15) is 5.82 Å². The molecule has 0 fully saturated rings. The molecule has 2 amide bonds. The minimum absolute atomic E-state index is 0.0627. The molecule has 16 heavy (non-hydrogen) atoms. The van der Waals surface area contributed by atoms with Crippen molar-refractivity contribution >= 4 is 11.8 Å². The molecule has 0 aliphatic rings. The van der Waals surface area contributed by atoms with Gasteiger partial charge in [-0.2, -0.15) is 0 Å². The highest BCUT2D eigenvalue weighted by atomic mass is 19.1. The average molecular weight is 225 g/mol. The molecule has 6 heteroatoms. The third kappa shape index (κ3) is 2.77. The Morgan fingerprint density at radius 2 is 2.12 bits per heavy atom. The zero-order valence-electron chi connectivity index (χ0n) is 8.71. The number of carbonyl (C=O) groups excluding carboxylic acids is 2. The standard InChI is InChI=1S/C10H12FN3O2/c1-6-3-2-4-7(11)9(6)10(16)13-5-8(15)14-12/h2-4H,5,12H2,1H3,(H,13,16)(H,14,15). The molecule has 1 rings (SSSR count). The van der Waals surface area contributed by atoms with Crippen molar-refractivity contribution in [2.24, 2.45) is 5.84 Å². The van der Waals surface area contributed by atoms with Crippen LogP contribution in [0.5, 0.6) is 0 Å². The van der Waals surface area contributed by atoms with E-state index in [9.17, 15) is 14.0 Å². The van der Waals surface area contributed by atoms with E-state index in [1.807, 2.05) is 5.43 Å². The minimum atomic E-state index is -0.640. The molecular weight excluding hydrogens is 213 g/mol. The van der Waals surface area contributed by atoms with Gasteiger partial charge in [0.05, 0.1) is 12.1 Å². The van der Waals surface area contributed by atoms with E-state index in [4.69, 9.17) is 5.84 Å². The maximum atomic E-state index is 13.3. The fourth-order valence-electron chi connectivity index (χ4n) is 1.22. The van der Waals surface area contributed by atoms with Crippen LogP contribution in [0.2, 0.25) is 0 Å². The smallest absolute Gasteiger partial charge is 0.254 e. The maximum absolute atomic E-state index is 13.3. The highest BCUT2D eigenvalue weighted by Crippen LogP contribution is 2.11. The number of hydrazine groups is 1. The molecule has 1 aromatic carbocycles. The lowest BCUT2D eigenvalue weighted by Crippen LogP contribution is -2.40. The summed E-state index contributed by atoms with van der Waals surface area (Å²) in [6.07, 6.45) is 0. The zero-order chi connectivity index (χ0) is 12.1. The van der Waals surface area contributed by atoms with E-state index < -0.39 is 17.6 Å². The highest BCUT2D eigenvalue weighted by molar-refractivity contribution is 5.97. The van der Waals surface area contributed by atoms with Gasteiger partial charge in [-0.3, -0.25) is 15.0 Å². The number of halogens is 1. The van der Waals surface area contributed by atoms with Crippen molar-refractivity contribution < 1.29 is 14.0 Å².